The number of methoxy groups -OCH3 is 3. The second-order valence-electron chi connectivity index (χ2n) is 6.63. The summed E-state index contributed by atoms with van der Waals surface area (Å²) in [5.41, 5.74) is 4.94. The molecule has 0 saturated carbocycles. The van der Waals surface area contributed by atoms with Crippen LogP contribution < -0.4 is 14.2 Å². The van der Waals surface area contributed by atoms with Crippen LogP contribution in [0.1, 0.15) is 28.3 Å². The van der Waals surface area contributed by atoms with Crippen molar-refractivity contribution in [1.82, 2.24) is 4.90 Å². The highest BCUT2D eigenvalue weighted by molar-refractivity contribution is 5.52. The molecule has 25 heavy (non-hydrogen) atoms. The van der Waals surface area contributed by atoms with Gasteiger partial charge in [0.25, 0.3) is 0 Å². The lowest BCUT2D eigenvalue weighted by Gasteiger charge is -2.42. The van der Waals surface area contributed by atoms with Crippen molar-refractivity contribution in [2.75, 3.05) is 27.9 Å². The first-order valence-corrected chi connectivity index (χ1v) is 8.52. The zero-order valence-electron chi connectivity index (χ0n) is 14.8. The first-order chi connectivity index (χ1) is 12.1. The van der Waals surface area contributed by atoms with Crippen LogP contribution in [0, 0.1) is 0 Å². The van der Waals surface area contributed by atoms with Crippen molar-refractivity contribution in [1.29, 1.82) is 0 Å². The summed E-state index contributed by atoms with van der Waals surface area (Å²) < 4.78 is 16.3. The van der Waals surface area contributed by atoms with Crippen LogP contribution in [-0.4, -0.2) is 37.9 Å². The Hall–Kier alpha value is -2.40. The van der Waals surface area contributed by atoms with Crippen molar-refractivity contribution in [2.24, 2.45) is 0 Å². The molecule has 2 aliphatic heterocycles. The van der Waals surface area contributed by atoms with E-state index in [2.05, 4.69) is 11.0 Å². The Morgan fingerprint density at radius 3 is 2.48 bits per heavy atom. The molecule has 2 heterocycles. The van der Waals surface area contributed by atoms with Gasteiger partial charge in [-0.1, -0.05) is 0 Å². The molecule has 0 aliphatic carbocycles. The minimum atomic E-state index is 0.206. The van der Waals surface area contributed by atoms with Crippen molar-refractivity contribution in [3.8, 4) is 23.0 Å². The largest absolute Gasteiger partial charge is 0.504 e. The van der Waals surface area contributed by atoms with Gasteiger partial charge in [0.15, 0.2) is 11.5 Å². The maximum atomic E-state index is 10.2. The maximum Gasteiger partial charge on any atom is 0.160 e. The van der Waals surface area contributed by atoms with Crippen molar-refractivity contribution in [3.63, 3.8) is 0 Å². The van der Waals surface area contributed by atoms with Gasteiger partial charge in [0, 0.05) is 30.8 Å². The Kier molecular flexibility index (Phi) is 3.96. The number of hydrogen-bond donors (Lipinski definition) is 1. The lowest BCUT2D eigenvalue weighted by atomic mass is 9.83. The normalized spacial score (nSPS) is 18.8. The number of fused-ring (bicyclic) bond motifs is 4. The number of aromatic hydroxyl groups is 1. The van der Waals surface area contributed by atoms with E-state index in [1.165, 1.54) is 22.3 Å². The molecular weight excluding hydrogens is 318 g/mol. The Morgan fingerprint density at radius 1 is 0.960 bits per heavy atom. The van der Waals surface area contributed by atoms with E-state index < -0.39 is 0 Å². The SMILES string of the molecule is COc1cc2c(c(OC)c1)CN1CCc3cc(OC)c(O)cc3C1C2. The maximum absolute atomic E-state index is 10.2. The quantitative estimate of drug-likeness (QED) is 0.930. The first-order valence-electron chi connectivity index (χ1n) is 8.52. The summed E-state index contributed by atoms with van der Waals surface area (Å²) in [6, 6.07) is 8.15. The fourth-order valence-electron chi connectivity index (χ4n) is 4.11. The average Bonchev–Trinajstić information content (AvgIpc) is 2.65. The monoisotopic (exact) mass is 341 g/mol. The summed E-state index contributed by atoms with van der Waals surface area (Å²) in [4.78, 5) is 2.46. The van der Waals surface area contributed by atoms with Gasteiger partial charge in [-0.2, -0.15) is 0 Å². The van der Waals surface area contributed by atoms with E-state index in [0.29, 0.717) is 5.75 Å². The summed E-state index contributed by atoms with van der Waals surface area (Å²) in [5, 5.41) is 10.2. The summed E-state index contributed by atoms with van der Waals surface area (Å²) in [6.45, 7) is 1.83. The molecule has 2 aromatic rings. The van der Waals surface area contributed by atoms with Crippen molar-refractivity contribution < 1.29 is 19.3 Å². The molecule has 5 heteroatoms. The van der Waals surface area contributed by atoms with Gasteiger partial charge >= 0.3 is 0 Å². The van der Waals surface area contributed by atoms with Crippen LogP contribution in [0.3, 0.4) is 0 Å². The van der Waals surface area contributed by atoms with E-state index in [0.717, 1.165) is 37.4 Å². The number of hydrogen-bond acceptors (Lipinski definition) is 5. The fourth-order valence-corrected chi connectivity index (χ4v) is 4.11. The summed E-state index contributed by atoms with van der Waals surface area (Å²) in [6.07, 6.45) is 1.83. The van der Waals surface area contributed by atoms with Gasteiger partial charge in [-0.3, -0.25) is 4.90 Å². The summed E-state index contributed by atoms with van der Waals surface area (Å²) in [5.74, 6) is 2.46. The van der Waals surface area contributed by atoms with Gasteiger partial charge in [0.2, 0.25) is 0 Å². The Morgan fingerprint density at radius 2 is 1.76 bits per heavy atom. The number of rotatable bonds is 3. The van der Waals surface area contributed by atoms with Gasteiger partial charge in [0.1, 0.15) is 11.5 Å². The highest BCUT2D eigenvalue weighted by Gasteiger charge is 2.34. The van der Waals surface area contributed by atoms with Gasteiger partial charge in [-0.15, -0.1) is 0 Å². The van der Waals surface area contributed by atoms with Gasteiger partial charge in [-0.05, 0) is 47.7 Å². The Labute approximate surface area is 147 Å². The summed E-state index contributed by atoms with van der Waals surface area (Å²) in [7, 11) is 4.97. The Bertz CT molecular complexity index is 818. The van der Waals surface area contributed by atoms with E-state index in [1.807, 2.05) is 18.2 Å². The van der Waals surface area contributed by atoms with E-state index in [4.69, 9.17) is 14.2 Å². The lowest BCUT2D eigenvalue weighted by molar-refractivity contribution is 0.157. The molecule has 2 aliphatic rings. The van der Waals surface area contributed by atoms with Crippen molar-refractivity contribution >= 4 is 0 Å². The number of phenols is 1. The van der Waals surface area contributed by atoms with Gasteiger partial charge in [-0.25, -0.2) is 0 Å². The van der Waals surface area contributed by atoms with Crippen LogP contribution in [0.4, 0.5) is 0 Å². The number of phenolic OH excluding ortho intramolecular Hbond substituents is 1. The van der Waals surface area contributed by atoms with E-state index in [-0.39, 0.29) is 11.8 Å². The smallest absolute Gasteiger partial charge is 0.160 e. The van der Waals surface area contributed by atoms with Crippen LogP contribution in [0.15, 0.2) is 24.3 Å². The van der Waals surface area contributed by atoms with Gasteiger partial charge < -0.3 is 19.3 Å². The molecule has 0 bridgehead atoms. The molecule has 1 unspecified atom stereocenters. The third-order valence-corrected chi connectivity index (χ3v) is 5.41. The molecule has 2 aromatic carbocycles. The van der Waals surface area contributed by atoms with Gasteiger partial charge in [0.05, 0.1) is 21.3 Å². The zero-order chi connectivity index (χ0) is 17.6. The highest BCUT2D eigenvalue weighted by atomic mass is 16.5. The summed E-state index contributed by atoms with van der Waals surface area (Å²) >= 11 is 0. The first kappa shape index (κ1) is 16.1. The Balaban J connectivity index is 1.77. The van der Waals surface area contributed by atoms with E-state index in [1.54, 1.807) is 21.3 Å². The molecule has 1 N–H and O–H groups in total. The van der Waals surface area contributed by atoms with Crippen LogP contribution in [0.25, 0.3) is 0 Å². The number of nitrogens with zero attached hydrogens (tertiary/aromatic N) is 1. The molecular formula is C20H23NO4. The molecule has 1 atom stereocenters. The van der Waals surface area contributed by atoms with Crippen LogP contribution >= 0.6 is 0 Å². The van der Waals surface area contributed by atoms with E-state index in [9.17, 15) is 5.11 Å². The molecule has 0 spiro atoms. The number of ether oxygens (including phenoxy) is 3. The zero-order valence-corrected chi connectivity index (χ0v) is 14.8. The molecule has 0 amide bonds. The molecule has 132 valence electrons. The van der Waals surface area contributed by atoms with Crippen LogP contribution in [0.2, 0.25) is 0 Å². The second-order valence-corrected chi connectivity index (χ2v) is 6.63. The predicted octanol–water partition coefficient (Wildman–Crippen LogP) is 3.07. The minimum Gasteiger partial charge on any atom is -0.504 e. The predicted molar refractivity (Wildman–Crippen MR) is 94.8 cm³/mol. The standard InChI is InChI=1S/C20H23NO4/c1-23-14-6-13-7-17-15-10-18(22)20(25-3)8-12(15)4-5-21(17)11-16(13)19(9-14)24-2/h6,8-10,17,22H,4-5,7,11H2,1-3H3. The van der Waals surface area contributed by atoms with Crippen LogP contribution in [0.5, 0.6) is 23.0 Å². The number of benzene rings is 2. The average molecular weight is 341 g/mol. The highest BCUT2D eigenvalue weighted by Crippen LogP contribution is 2.44. The molecule has 0 saturated heterocycles. The topological polar surface area (TPSA) is 51.2 Å². The van der Waals surface area contributed by atoms with Crippen molar-refractivity contribution in [2.45, 2.75) is 25.4 Å². The van der Waals surface area contributed by atoms with E-state index >= 15 is 0 Å². The molecule has 5 nitrogen and oxygen atoms in total. The molecule has 0 radical (unpaired) electrons. The lowest BCUT2D eigenvalue weighted by Crippen LogP contribution is -2.39. The second kappa shape index (κ2) is 6.15. The molecule has 0 fully saturated rings. The third kappa shape index (κ3) is 2.59. The molecule has 4 rings (SSSR count). The fraction of sp³-hybridized carbons (Fsp3) is 0.400. The third-order valence-electron chi connectivity index (χ3n) is 5.41. The van der Waals surface area contributed by atoms with Crippen molar-refractivity contribution in [3.05, 3.63) is 46.5 Å². The molecule has 0 aromatic heterocycles. The van der Waals surface area contributed by atoms with Crippen LogP contribution in [-0.2, 0) is 19.4 Å². The minimum absolute atomic E-state index is 0.206.